The molecule has 0 amide bonds. The Morgan fingerprint density at radius 3 is 0.844 bits per heavy atom. The summed E-state index contributed by atoms with van der Waals surface area (Å²) in [7, 11) is 0. The van der Waals surface area contributed by atoms with E-state index in [1.807, 2.05) is 24.3 Å². The zero-order valence-electron chi connectivity index (χ0n) is 35.6. The van der Waals surface area contributed by atoms with Gasteiger partial charge < -0.3 is 9.80 Å². The van der Waals surface area contributed by atoms with Gasteiger partial charge in [0.2, 0.25) is 0 Å². The molecular formula is C54H40N8S2. The summed E-state index contributed by atoms with van der Waals surface area (Å²) < 4.78 is 17.5. The van der Waals surface area contributed by atoms with E-state index >= 15 is 0 Å². The standard InChI is InChI=1S/2C27H20N4S/c2*1-18-3-10-22(11-4-18)31(23-12-5-19(2)6-13-23)24-14-7-20(8-15-24)25-16-9-21(17-28)26-27(25)30-32-29-26/h2*3-16H,1-2H3. The van der Waals surface area contributed by atoms with Crippen LogP contribution in [0.25, 0.3) is 44.3 Å². The van der Waals surface area contributed by atoms with Gasteiger partial charge in [-0.15, -0.1) is 0 Å². The van der Waals surface area contributed by atoms with Crippen molar-refractivity contribution >= 4 is 79.6 Å². The number of fused-ring (bicyclic) bond motifs is 2. The molecule has 8 nitrogen and oxygen atoms in total. The van der Waals surface area contributed by atoms with Crippen molar-refractivity contribution in [3.05, 3.63) is 203 Å². The molecular weight excluding hydrogens is 825 g/mol. The molecule has 308 valence electrons. The number of anilines is 6. The van der Waals surface area contributed by atoms with Crippen molar-refractivity contribution < 1.29 is 0 Å². The van der Waals surface area contributed by atoms with Gasteiger partial charge in [-0.25, -0.2) is 0 Å². The third-order valence-corrected chi connectivity index (χ3v) is 12.2. The van der Waals surface area contributed by atoms with Gasteiger partial charge in [0.25, 0.3) is 0 Å². The van der Waals surface area contributed by atoms with Crippen LogP contribution in [0.1, 0.15) is 33.4 Å². The summed E-state index contributed by atoms with van der Waals surface area (Å²) in [5, 5.41) is 18.7. The molecule has 10 rings (SSSR count). The van der Waals surface area contributed by atoms with Gasteiger partial charge in [0, 0.05) is 45.3 Å². The Kier molecular flexibility index (Phi) is 11.7. The van der Waals surface area contributed by atoms with Crippen LogP contribution in [0.5, 0.6) is 0 Å². The van der Waals surface area contributed by atoms with Gasteiger partial charge in [0.15, 0.2) is 0 Å². The summed E-state index contributed by atoms with van der Waals surface area (Å²) in [5.41, 5.74) is 19.5. The highest BCUT2D eigenvalue weighted by Crippen LogP contribution is 2.39. The quantitative estimate of drug-likeness (QED) is 0.149. The summed E-state index contributed by atoms with van der Waals surface area (Å²) in [5.74, 6) is 0. The Labute approximate surface area is 380 Å². The van der Waals surface area contributed by atoms with E-state index in [0.29, 0.717) is 22.2 Å². The average Bonchev–Trinajstić information content (AvgIpc) is 4.04. The fraction of sp³-hybridized carbons (Fsp3) is 0.0741. The monoisotopic (exact) mass is 864 g/mol. The maximum Gasteiger partial charge on any atom is 0.123 e. The highest BCUT2D eigenvalue weighted by molar-refractivity contribution is 7.00. The number of benzene rings is 8. The molecule has 64 heavy (non-hydrogen) atoms. The second-order valence-electron chi connectivity index (χ2n) is 15.6. The highest BCUT2D eigenvalue weighted by Gasteiger charge is 2.17. The Bertz CT molecular complexity index is 2990. The van der Waals surface area contributed by atoms with Crippen LogP contribution in [0.3, 0.4) is 0 Å². The molecule has 0 bridgehead atoms. The van der Waals surface area contributed by atoms with Crippen LogP contribution in [0, 0.1) is 50.4 Å². The van der Waals surface area contributed by atoms with Crippen molar-refractivity contribution in [2.45, 2.75) is 27.7 Å². The third-order valence-electron chi connectivity index (χ3n) is 11.1. The lowest BCUT2D eigenvalue weighted by atomic mass is 10.0. The number of nitrogens with zero attached hydrogens (tertiary/aromatic N) is 8. The molecule has 0 saturated heterocycles. The summed E-state index contributed by atoms with van der Waals surface area (Å²) >= 11 is 2.27. The van der Waals surface area contributed by atoms with Crippen LogP contribution in [0.15, 0.2) is 170 Å². The predicted octanol–water partition coefficient (Wildman–Crippen LogP) is 14.6. The van der Waals surface area contributed by atoms with Gasteiger partial charge in [-0.05, 0) is 124 Å². The van der Waals surface area contributed by atoms with Crippen LogP contribution in [-0.4, -0.2) is 17.5 Å². The number of nitriles is 2. The average molecular weight is 865 g/mol. The molecule has 0 saturated carbocycles. The van der Waals surface area contributed by atoms with Gasteiger partial charge in [0.05, 0.1) is 34.6 Å². The van der Waals surface area contributed by atoms with Crippen molar-refractivity contribution in [3.63, 3.8) is 0 Å². The van der Waals surface area contributed by atoms with Crippen LogP contribution in [0.4, 0.5) is 34.1 Å². The SMILES string of the molecule is Cc1ccc(N(c2ccc(C)cc2)c2ccc(-c3ccc(C#N)c4nsnc34)cc2)cc1.Cc1ccc(N(c2ccc(C)cc2)c2ccc(-c3ccc(C#N)c4nsnc34)cc2)cc1. The molecule has 0 aliphatic rings. The first-order valence-electron chi connectivity index (χ1n) is 20.7. The lowest BCUT2D eigenvalue weighted by Crippen LogP contribution is -2.09. The molecule has 2 aromatic heterocycles. The van der Waals surface area contributed by atoms with Gasteiger partial charge in [-0.1, -0.05) is 107 Å². The number of hydrogen-bond donors (Lipinski definition) is 0. The minimum Gasteiger partial charge on any atom is -0.311 e. The van der Waals surface area contributed by atoms with Crippen LogP contribution >= 0.6 is 23.5 Å². The molecule has 0 fully saturated rings. The van der Waals surface area contributed by atoms with Gasteiger partial charge in [-0.3, -0.25) is 0 Å². The molecule has 0 radical (unpaired) electrons. The van der Waals surface area contributed by atoms with Crippen molar-refractivity contribution in [2.24, 2.45) is 0 Å². The van der Waals surface area contributed by atoms with E-state index in [4.69, 9.17) is 0 Å². The smallest absolute Gasteiger partial charge is 0.123 e. The first-order valence-corrected chi connectivity index (χ1v) is 22.1. The Morgan fingerprint density at radius 1 is 0.328 bits per heavy atom. The first-order chi connectivity index (χ1) is 31.3. The molecule has 0 N–H and O–H groups in total. The van der Waals surface area contributed by atoms with E-state index in [1.54, 1.807) is 0 Å². The van der Waals surface area contributed by atoms with Crippen molar-refractivity contribution in [1.29, 1.82) is 10.5 Å². The summed E-state index contributed by atoms with van der Waals surface area (Å²) in [6.07, 6.45) is 0. The summed E-state index contributed by atoms with van der Waals surface area (Å²) in [4.78, 5) is 4.50. The lowest BCUT2D eigenvalue weighted by molar-refractivity contribution is 1.27. The molecule has 0 atom stereocenters. The third kappa shape index (κ3) is 8.44. The highest BCUT2D eigenvalue weighted by atomic mass is 32.1. The zero-order valence-corrected chi connectivity index (χ0v) is 37.2. The molecule has 0 unspecified atom stereocenters. The molecule has 0 aliphatic carbocycles. The topological polar surface area (TPSA) is 106 Å². The zero-order chi connectivity index (χ0) is 44.2. The van der Waals surface area contributed by atoms with E-state index in [-0.39, 0.29) is 0 Å². The minimum absolute atomic E-state index is 0.555. The fourth-order valence-electron chi connectivity index (χ4n) is 7.63. The van der Waals surface area contributed by atoms with Gasteiger partial charge >= 0.3 is 0 Å². The van der Waals surface area contributed by atoms with Crippen LogP contribution in [-0.2, 0) is 0 Å². The van der Waals surface area contributed by atoms with E-state index in [0.717, 1.165) is 90.9 Å². The van der Waals surface area contributed by atoms with Crippen molar-refractivity contribution in [3.8, 4) is 34.4 Å². The molecule has 10 aromatic rings. The lowest BCUT2D eigenvalue weighted by Gasteiger charge is -2.26. The van der Waals surface area contributed by atoms with E-state index in [1.165, 1.54) is 22.3 Å². The number of aromatic nitrogens is 4. The molecule has 0 spiro atoms. The second-order valence-corrected chi connectivity index (χ2v) is 16.6. The minimum atomic E-state index is 0.555. The summed E-state index contributed by atoms with van der Waals surface area (Å²) in [6.45, 7) is 8.39. The Hall–Kier alpha value is -8.02. The Balaban J connectivity index is 0.000000162. The van der Waals surface area contributed by atoms with Gasteiger partial charge in [0.1, 0.15) is 34.2 Å². The number of rotatable bonds is 8. The number of aryl methyl sites for hydroxylation is 4. The largest absolute Gasteiger partial charge is 0.311 e. The molecule has 0 aliphatic heterocycles. The van der Waals surface area contributed by atoms with E-state index in [9.17, 15) is 10.5 Å². The maximum absolute atomic E-state index is 9.34. The first kappa shape index (κ1) is 41.3. The maximum atomic E-state index is 9.34. The number of hydrogen-bond acceptors (Lipinski definition) is 10. The van der Waals surface area contributed by atoms with E-state index in [2.05, 4.69) is 213 Å². The van der Waals surface area contributed by atoms with Crippen molar-refractivity contribution in [1.82, 2.24) is 17.5 Å². The molecule has 2 heterocycles. The molecule has 8 aromatic carbocycles. The summed E-state index contributed by atoms with van der Waals surface area (Å²) in [6, 6.07) is 63.1. The van der Waals surface area contributed by atoms with Crippen molar-refractivity contribution in [2.75, 3.05) is 9.80 Å². The van der Waals surface area contributed by atoms with E-state index < -0.39 is 0 Å². The Morgan fingerprint density at radius 2 is 0.578 bits per heavy atom. The fourth-order valence-corrected chi connectivity index (χ4v) is 8.78. The predicted molar refractivity (Wildman–Crippen MR) is 263 cm³/mol. The molecule has 10 heteroatoms. The van der Waals surface area contributed by atoms with Crippen LogP contribution in [0.2, 0.25) is 0 Å². The normalized spacial score (nSPS) is 10.8. The van der Waals surface area contributed by atoms with Gasteiger partial charge in [-0.2, -0.15) is 28.0 Å². The van der Waals surface area contributed by atoms with Crippen LogP contribution < -0.4 is 9.80 Å². The second kappa shape index (κ2) is 18.1.